The third-order valence-corrected chi connectivity index (χ3v) is 3.43. The molecule has 108 valence electrons. The number of aryl methyl sites for hydroxylation is 1. The fourth-order valence-electron chi connectivity index (χ4n) is 2.26. The van der Waals surface area contributed by atoms with E-state index in [1.165, 1.54) is 16.6 Å². The lowest BCUT2D eigenvalue weighted by molar-refractivity contribution is -0.125. The van der Waals surface area contributed by atoms with Crippen LogP contribution in [0.3, 0.4) is 0 Å². The average molecular weight is 285 g/mol. The number of anilines is 2. The standard InChI is InChI=1S/C14H15N5O2/c1-2-9-3-5-10(6-4-9)17-13(21)11-7-12(20)18-14-15-8-16-19(11)14/h3-6,8,11H,2,7H2,1H3,(H,17,21)(H,15,16,18,20)/t11-/m1/s1. The van der Waals surface area contributed by atoms with Crippen molar-refractivity contribution in [1.29, 1.82) is 0 Å². The van der Waals surface area contributed by atoms with Crippen LogP contribution in [0.5, 0.6) is 0 Å². The van der Waals surface area contributed by atoms with Gasteiger partial charge in [-0.05, 0) is 24.1 Å². The zero-order valence-electron chi connectivity index (χ0n) is 11.5. The molecule has 1 aromatic heterocycles. The Labute approximate surface area is 121 Å². The Morgan fingerprint density at radius 1 is 1.43 bits per heavy atom. The van der Waals surface area contributed by atoms with Crippen molar-refractivity contribution < 1.29 is 9.59 Å². The number of rotatable bonds is 3. The van der Waals surface area contributed by atoms with Gasteiger partial charge < -0.3 is 5.32 Å². The van der Waals surface area contributed by atoms with E-state index < -0.39 is 6.04 Å². The van der Waals surface area contributed by atoms with Crippen molar-refractivity contribution in [2.45, 2.75) is 25.8 Å². The minimum atomic E-state index is -0.679. The first kappa shape index (κ1) is 13.3. The number of carbonyl (C=O) groups is 2. The summed E-state index contributed by atoms with van der Waals surface area (Å²) in [5.41, 5.74) is 1.90. The van der Waals surface area contributed by atoms with Gasteiger partial charge in [-0.15, -0.1) is 0 Å². The van der Waals surface area contributed by atoms with E-state index in [1.54, 1.807) is 0 Å². The van der Waals surface area contributed by atoms with E-state index >= 15 is 0 Å². The summed E-state index contributed by atoms with van der Waals surface area (Å²) in [4.78, 5) is 27.9. The fourth-order valence-corrected chi connectivity index (χ4v) is 2.26. The van der Waals surface area contributed by atoms with E-state index in [9.17, 15) is 9.59 Å². The average Bonchev–Trinajstić information content (AvgIpc) is 2.95. The number of nitrogens with zero attached hydrogens (tertiary/aromatic N) is 3. The molecule has 7 heteroatoms. The number of hydrogen-bond donors (Lipinski definition) is 2. The normalized spacial score (nSPS) is 17.0. The molecule has 2 aromatic rings. The van der Waals surface area contributed by atoms with Crippen LogP contribution in [0.15, 0.2) is 30.6 Å². The zero-order valence-corrected chi connectivity index (χ0v) is 11.5. The summed E-state index contributed by atoms with van der Waals surface area (Å²) in [5.74, 6) is -0.217. The Morgan fingerprint density at radius 3 is 2.90 bits per heavy atom. The van der Waals surface area contributed by atoms with E-state index in [4.69, 9.17) is 0 Å². The van der Waals surface area contributed by atoms with Crippen molar-refractivity contribution in [3.8, 4) is 0 Å². The molecule has 1 aliphatic heterocycles. The largest absolute Gasteiger partial charge is 0.324 e. The summed E-state index contributed by atoms with van der Waals surface area (Å²) >= 11 is 0. The molecule has 0 fully saturated rings. The van der Waals surface area contributed by atoms with Crippen molar-refractivity contribution in [2.75, 3.05) is 10.6 Å². The molecule has 0 bridgehead atoms. The number of fused-ring (bicyclic) bond motifs is 1. The van der Waals surface area contributed by atoms with Crippen molar-refractivity contribution >= 4 is 23.5 Å². The van der Waals surface area contributed by atoms with Crippen LogP contribution in [-0.4, -0.2) is 26.6 Å². The first-order chi connectivity index (χ1) is 10.2. The molecule has 1 aromatic carbocycles. The predicted octanol–water partition coefficient (Wildman–Crippen LogP) is 1.36. The number of nitrogens with one attached hydrogen (secondary N) is 2. The molecular weight excluding hydrogens is 270 g/mol. The molecule has 2 amide bonds. The van der Waals surface area contributed by atoms with Gasteiger partial charge in [-0.3, -0.25) is 14.9 Å². The molecule has 0 aliphatic carbocycles. The molecule has 0 unspecified atom stereocenters. The lowest BCUT2D eigenvalue weighted by Gasteiger charge is -2.22. The molecule has 0 radical (unpaired) electrons. The van der Waals surface area contributed by atoms with Crippen LogP contribution in [0, 0.1) is 0 Å². The molecular formula is C14H15N5O2. The van der Waals surface area contributed by atoms with Gasteiger partial charge in [0, 0.05) is 5.69 Å². The van der Waals surface area contributed by atoms with E-state index in [0.29, 0.717) is 11.6 Å². The van der Waals surface area contributed by atoms with Gasteiger partial charge in [0.05, 0.1) is 6.42 Å². The second-order valence-corrected chi connectivity index (χ2v) is 4.84. The Morgan fingerprint density at radius 2 is 2.19 bits per heavy atom. The summed E-state index contributed by atoms with van der Waals surface area (Å²) in [5, 5.41) is 9.37. The van der Waals surface area contributed by atoms with E-state index in [1.807, 2.05) is 24.3 Å². The lowest BCUT2D eigenvalue weighted by atomic mass is 10.1. The van der Waals surface area contributed by atoms with Gasteiger partial charge in [-0.25, -0.2) is 4.68 Å². The number of aromatic nitrogens is 3. The summed E-state index contributed by atoms with van der Waals surface area (Å²) in [6.07, 6.45) is 2.31. The third-order valence-electron chi connectivity index (χ3n) is 3.43. The Bertz CT molecular complexity index is 677. The molecule has 0 spiro atoms. The predicted molar refractivity (Wildman–Crippen MR) is 76.8 cm³/mol. The van der Waals surface area contributed by atoms with Gasteiger partial charge in [0.2, 0.25) is 17.8 Å². The second-order valence-electron chi connectivity index (χ2n) is 4.84. The first-order valence-electron chi connectivity index (χ1n) is 6.76. The lowest BCUT2D eigenvalue weighted by Crippen LogP contribution is -2.35. The highest BCUT2D eigenvalue weighted by molar-refractivity contribution is 6.00. The van der Waals surface area contributed by atoms with Crippen LogP contribution >= 0.6 is 0 Å². The highest BCUT2D eigenvalue weighted by atomic mass is 16.2. The van der Waals surface area contributed by atoms with Crippen molar-refractivity contribution in [2.24, 2.45) is 0 Å². The zero-order chi connectivity index (χ0) is 14.8. The van der Waals surface area contributed by atoms with E-state index in [-0.39, 0.29) is 18.2 Å². The van der Waals surface area contributed by atoms with Crippen molar-refractivity contribution in [3.05, 3.63) is 36.2 Å². The molecule has 7 nitrogen and oxygen atoms in total. The number of benzene rings is 1. The summed E-state index contributed by atoms with van der Waals surface area (Å²) in [6.45, 7) is 2.07. The second kappa shape index (κ2) is 5.35. The SMILES string of the molecule is CCc1ccc(NC(=O)[C@H]2CC(=O)Nc3ncnn32)cc1. The van der Waals surface area contributed by atoms with Crippen LogP contribution in [-0.2, 0) is 16.0 Å². The minimum absolute atomic E-state index is 0.0508. The maximum absolute atomic E-state index is 12.3. The third kappa shape index (κ3) is 2.62. The van der Waals surface area contributed by atoms with Gasteiger partial charge in [0.1, 0.15) is 12.4 Å². The van der Waals surface area contributed by atoms with Crippen LogP contribution in [0.4, 0.5) is 11.6 Å². The van der Waals surface area contributed by atoms with Crippen LogP contribution in [0.25, 0.3) is 0 Å². The maximum Gasteiger partial charge on any atom is 0.249 e. The summed E-state index contributed by atoms with van der Waals surface area (Å²) < 4.78 is 1.43. The van der Waals surface area contributed by atoms with Gasteiger partial charge in [-0.2, -0.15) is 10.1 Å². The minimum Gasteiger partial charge on any atom is -0.324 e. The van der Waals surface area contributed by atoms with Crippen LogP contribution < -0.4 is 10.6 Å². The Kier molecular flexibility index (Phi) is 3.39. The number of hydrogen-bond acceptors (Lipinski definition) is 4. The molecule has 21 heavy (non-hydrogen) atoms. The molecule has 0 saturated heterocycles. The highest BCUT2D eigenvalue weighted by Gasteiger charge is 2.31. The van der Waals surface area contributed by atoms with Crippen molar-refractivity contribution in [3.63, 3.8) is 0 Å². The van der Waals surface area contributed by atoms with Crippen LogP contribution in [0.1, 0.15) is 24.9 Å². The fraction of sp³-hybridized carbons (Fsp3) is 0.286. The summed E-state index contributed by atoms with van der Waals surface area (Å²) in [6, 6.07) is 6.94. The molecule has 1 aliphatic rings. The quantitative estimate of drug-likeness (QED) is 0.891. The number of carbonyl (C=O) groups excluding carboxylic acids is 2. The Balaban J connectivity index is 1.78. The van der Waals surface area contributed by atoms with Crippen LogP contribution in [0.2, 0.25) is 0 Å². The van der Waals surface area contributed by atoms with E-state index in [0.717, 1.165) is 6.42 Å². The van der Waals surface area contributed by atoms with Gasteiger partial charge >= 0.3 is 0 Å². The Hall–Kier alpha value is -2.70. The smallest absolute Gasteiger partial charge is 0.249 e. The maximum atomic E-state index is 12.3. The van der Waals surface area contributed by atoms with Crippen molar-refractivity contribution in [1.82, 2.24) is 14.8 Å². The van der Waals surface area contributed by atoms with E-state index in [2.05, 4.69) is 27.6 Å². The topological polar surface area (TPSA) is 88.9 Å². The number of amides is 2. The summed E-state index contributed by atoms with van der Waals surface area (Å²) in [7, 11) is 0. The molecule has 1 atom stereocenters. The molecule has 3 rings (SSSR count). The molecule has 2 heterocycles. The van der Waals surface area contributed by atoms with Gasteiger partial charge in [-0.1, -0.05) is 19.1 Å². The van der Waals surface area contributed by atoms with Gasteiger partial charge in [0.15, 0.2) is 0 Å². The molecule has 2 N–H and O–H groups in total. The van der Waals surface area contributed by atoms with Gasteiger partial charge in [0.25, 0.3) is 0 Å². The molecule has 0 saturated carbocycles. The first-order valence-corrected chi connectivity index (χ1v) is 6.76. The monoisotopic (exact) mass is 285 g/mol. The highest BCUT2D eigenvalue weighted by Crippen LogP contribution is 2.23.